The number of fused-ring (bicyclic) bond motifs is 1. The lowest BCUT2D eigenvalue weighted by atomic mass is 10.1. The van der Waals surface area contributed by atoms with Gasteiger partial charge in [0.25, 0.3) is 0 Å². The maximum atomic E-state index is 3.72. The first kappa shape index (κ1) is 14.8. The molecule has 0 radical (unpaired) electrons. The van der Waals surface area contributed by atoms with Gasteiger partial charge in [0.15, 0.2) is 0 Å². The Morgan fingerprint density at radius 3 is 2.65 bits per heavy atom. The highest BCUT2D eigenvalue weighted by Crippen LogP contribution is 2.40. The first-order valence-electron chi connectivity index (χ1n) is 7.23. The van der Waals surface area contributed by atoms with Gasteiger partial charge in [-0.2, -0.15) is 0 Å². The highest BCUT2D eigenvalue weighted by molar-refractivity contribution is 9.10. The summed E-state index contributed by atoms with van der Waals surface area (Å²) < 4.78 is 1.24. The largest absolute Gasteiger partial charge is 0.308 e. The number of hydrogen-bond donors (Lipinski definition) is 1. The third-order valence-corrected chi connectivity index (χ3v) is 7.27. The summed E-state index contributed by atoms with van der Waals surface area (Å²) in [6.07, 6.45) is 6.66. The molecule has 3 rings (SSSR count). The van der Waals surface area contributed by atoms with Gasteiger partial charge in [-0.05, 0) is 73.3 Å². The van der Waals surface area contributed by atoms with E-state index in [1.165, 1.54) is 51.2 Å². The molecule has 2 aromatic rings. The smallest absolute Gasteiger partial charge is 0.0774 e. The van der Waals surface area contributed by atoms with Gasteiger partial charge in [0, 0.05) is 24.0 Å². The standard InChI is InChI=1S/C16H20BrNS2/c1-10-8-12(17)16(19-10)15(18-2)14-9-11-6-4-3-5-7-13(11)20-14/h8-9,15,18H,3-7H2,1-2H3. The van der Waals surface area contributed by atoms with Gasteiger partial charge in [0.2, 0.25) is 0 Å². The number of halogens is 1. The lowest BCUT2D eigenvalue weighted by Crippen LogP contribution is -2.15. The molecule has 108 valence electrons. The molecule has 0 fully saturated rings. The molecule has 0 saturated heterocycles. The normalized spacial score (nSPS) is 16.8. The third-order valence-electron chi connectivity index (χ3n) is 3.94. The van der Waals surface area contributed by atoms with E-state index >= 15 is 0 Å². The zero-order valence-corrected chi connectivity index (χ0v) is 15.2. The fourth-order valence-corrected chi connectivity index (χ4v) is 6.40. The molecule has 2 aromatic heterocycles. The summed E-state index contributed by atoms with van der Waals surface area (Å²) in [5, 5.41) is 3.50. The molecular formula is C16H20BrNS2. The van der Waals surface area contributed by atoms with Crippen LogP contribution in [-0.4, -0.2) is 7.05 Å². The number of aryl methyl sites for hydroxylation is 3. The van der Waals surface area contributed by atoms with E-state index in [9.17, 15) is 0 Å². The van der Waals surface area contributed by atoms with Gasteiger partial charge in [0.05, 0.1) is 6.04 Å². The van der Waals surface area contributed by atoms with E-state index in [2.05, 4.69) is 47.4 Å². The van der Waals surface area contributed by atoms with Crippen LogP contribution in [-0.2, 0) is 12.8 Å². The van der Waals surface area contributed by atoms with E-state index < -0.39 is 0 Å². The molecule has 0 amide bonds. The summed E-state index contributed by atoms with van der Waals surface area (Å²) >= 11 is 7.62. The molecule has 1 aliphatic rings. The van der Waals surface area contributed by atoms with Crippen molar-refractivity contribution in [3.63, 3.8) is 0 Å². The fraction of sp³-hybridized carbons (Fsp3) is 0.500. The van der Waals surface area contributed by atoms with Gasteiger partial charge in [-0.1, -0.05) is 6.42 Å². The van der Waals surface area contributed by atoms with Gasteiger partial charge in [0.1, 0.15) is 0 Å². The third kappa shape index (κ3) is 2.89. The highest BCUT2D eigenvalue weighted by atomic mass is 79.9. The van der Waals surface area contributed by atoms with Crippen molar-refractivity contribution in [2.24, 2.45) is 0 Å². The molecule has 2 heterocycles. The second-order valence-electron chi connectivity index (χ2n) is 5.45. The molecule has 0 spiro atoms. The van der Waals surface area contributed by atoms with Gasteiger partial charge in [-0.3, -0.25) is 0 Å². The summed E-state index contributed by atoms with van der Waals surface area (Å²) in [6.45, 7) is 2.18. The van der Waals surface area contributed by atoms with Crippen LogP contribution in [0.4, 0.5) is 0 Å². The summed E-state index contributed by atoms with van der Waals surface area (Å²) in [4.78, 5) is 5.87. The van der Waals surface area contributed by atoms with Crippen LogP contribution < -0.4 is 5.32 Å². The minimum Gasteiger partial charge on any atom is -0.308 e. The summed E-state index contributed by atoms with van der Waals surface area (Å²) in [5.74, 6) is 0. The highest BCUT2D eigenvalue weighted by Gasteiger charge is 2.22. The Morgan fingerprint density at radius 2 is 1.95 bits per heavy atom. The molecular weight excluding hydrogens is 350 g/mol. The van der Waals surface area contributed by atoms with Crippen molar-refractivity contribution in [2.45, 2.75) is 45.1 Å². The van der Waals surface area contributed by atoms with Crippen LogP contribution in [0.5, 0.6) is 0 Å². The molecule has 0 bridgehead atoms. The second-order valence-corrected chi connectivity index (χ2v) is 8.76. The quantitative estimate of drug-likeness (QED) is 0.708. The van der Waals surface area contributed by atoms with E-state index in [1.54, 1.807) is 10.4 Å². The van der Waals surface area contributed by atoms with Crippen LogP contribution >= 0.6 is 38.6 Å². The zero-order valence-electron chi connectivity index (χ0n) is 12.0. The lowest BCUT2D eigenvalue weighted by molar-refractivity contribution is 0.704. The Balaban J connectivity index is 1.95. The molecule has 1 unspecified atom stereocenters. The van der Waals surface area contributed by atoms with E-state index in [0.29, 0.717) is 6.04 Å². The van der Waals surface area contributed by atoms with Crippen molar-refractivity contribution in [1.29, 1.82) is 0 Å². The molecule has 20 heavy (non-hydrogen) atoms. The molecule has 0 saturated carbocycles. The lowest BCUT2D eigenvalue weighted by Gasteiger charge is -2.13. The summed E-state index contributed by atoms with van der Waals surface area (Å²) in [6, 6.07) is 5.01. The van der Waals surface area contributed by atoms with E-state index in [1.807, 2.05) is 22.7 Å². The molecule has 1 atom stereocenters. The van der Waals surface area contributed by atoms with Crippen LogP contribution in [0.1, 0.15) is 50.4 Å². The number of thiophene rings is 2. The van der Waals surface area contributed by atoms with Gasteiger partial charge in [-0.25, -0.2) is 0 Å². The monoisotopic (exact) mass is 369 g/mol. The molecule has 1 aliphatic carbocycles. The van der Waals surface area contributed by atoms with Crippen LogP contribution in [0.15, 0.2) is 16.6 Å². The molecule has 0 aliphatic heterocycles. The van der Waals surface area contributed by atoms with Gasteiger partial charge in [-0.15, -0.1) is 22.7 Å². The van der Waals surface area contributed by atoms with Crippen molar-refractivity contribution < 1.29 is 0 Å². The van der Waals surface area contributed by atoms with E-state index in [4.69, 9.17) is 0 Å². The van der Waals surface area contributed by atoms with Crippen LogP contribution in [0.3, 0.4) is 0 Å². The van der Waals surface area contributed by atoms with E-state index in [-0.39, 0.29) is 0 Å². The maximum Gasteiger partial charge on any atom is 0.0774 e. The maximum absolute atomic E-state index is 3.72. The SMILES string of the molecule is CNC(c1cc2c(s1)CCCCC2)c1sc(C)cc1Br. The van der Waals surface area contributed by atoms with Crippen molar-refractivity contribution in [3.8, 4) is 0 Å². The minimum absolute atomic E-state index is 0.333. The van der Waals surface area contributed by atoms with E-state index in [0.717, 1.165) is 0 Å². The van der Waals surface area contributed by atoms with Crippen molar-refractivity contribution in [2.75, 3.05) is 7.05 Å². The fourth-order valence-electron chi connectivity index (χ4n) is 2.93. The van der Waals surface area contributed by atoms with Crippen molar-refractivity contribution >= 4 is 38.6 Å². The Kier molecular flexibility index (Phi) is 4.65. The number of rotatable bonds is 3. The first-order chi connectivity index (χ1) is 9.69. The predicted octanol–water partition coefficient (Wildman–Crippen LogP) is 5.46. The Bertz CT molecular complexity index is 576. The molecule has 1 nitrogen and oxygen atoms in total. The van der Waals surface area contributed by atoms with Crippen LogP contribution in [0.25, 0.3) is 0 Å². The summed E-state index contributed by atoms with van der Waals surface area (Å²) in [5.41, 5.74) is 1.60. The predicted molar refractivity (Wildman–Crippen MR) is 93.2 cm³/mol. The second kappa shape index (κ2) is 6.30. The molecule has 1 N–H and O–H groups in total. The Hall–Kier alpha value is -0.160. The van der Waals surface area contributed by atoms with Crippen LogP contribution in [0, 0.1) is 6.92 Å². The average Bonchev–Trinajstić information content (AvgIpc) is 2.88. The molecule has 0 aromatic carbocycles. The topological polar surface area (TPSA) is 12.0 Å². The Labute approximate surface area is 137 Å². The summed E-state index contributed by atoms with van der Waals surface area (Å²) in [7, 11) is 2.07. The average molecular weight is 370 g/mol. The molecule has 4 heteroatoms. The number of nitrogens with one attached hydrogen (secondary N) is 1. The van der Waals surface area contributed by atoms with Crippen molar-refractivity contribution in [1.82, 2.24) is 5.32 Å². The van der Waals surface area contributed by atoms with Crippen LogP contribution in [0.2, 0.25) is 0 Å². The van der Waals surface area contributed by atoms with Gasteiger partial charge >= 0.3 is 0 Å². The van der Waals surface area contributed by atoms with Crippen molar-refractivity contribution in [3.05, 3.63) is 41.7 Å². The number of hydrogen-bond acceptors (Lipinski definition) is 3. The zero-order chi connectivity index (χ0) is 14.1. The minimum atomic E-state index is 0.333. The van der Waals surface area contributed by atoms with Gasteiger partial charge < -0.3 is 5.32 Å². The first-order valence-corrected chi connectivity index (χ1v) is 9.66. The Morgan fingerprint density at radius 1 is 1.15 bits per heavy atom.